The molecule has 0 bridgehead atoms. The molecule has 0 radical (unpaired) electrons. The molecule has 0 atom stereocenters. The first kappa shape index (κ1) is 8.38. The van der Waals surface area contributed by atoms with Gasteiger partial charge < -0.3 is 4.90 Å². The van der Waals surface area contributed by atoms with Crippen molar-refractivity contribution in [3.8, 4) is 0 Å². The molecule has 0 saturated carbocycles. The molecule has 2 heterocycles. The predicted molar refractivity (Wildman–Crippen MR) is 60.8 cm³/mol. The largest absolute Gasteiger partial charge is 0.322 e. The number of amidine groups is 1. The fourth-order valence-corrected chi connectivity index (χ4v) is 2.52. The Morgan fingerprint density at radius 1 is 1.43 bits per heavy atom. The van der Waals surface area contributed by atoms with Crippen LogP contribution in [0, 0.1) is 0 Å². The highest BCUT2D eigenvalue weighted by molar-refractivity contribution is 8.16. The fraction of sp³-hybridized carbons (Fsp3) is 0.100. The van der Waals surface area contributed by atoms with E-state index in [1.165, 1.54) is 5.56 Å². The first-order chi connectivity index (χ1) is 6.83. The molecule has 3 rings (SSSR count). The van der Waals surface area contributed by atoms with E-state index in [-0.39, 0.29) is 0 Å². The third-order valence-electron chi connectivity index (χ3n) is 2.26. The molecule has 2 nitrogen and oxygen atoms in total. The molecule has 0 fully saturated rings. The van der Waals surface area contributed by atoms with E-state index in [1.807, 2.05) is 29.8 Å². The summed E-state index contributed by atoms with van der Waals surface area (Å²) in [6.45, 7) is 0.873. The van der Waals surface area contributed by atoms with Crippen molar-refractivity contribution in [2.24, 2.45) is 4.99 Å². The number of hydrogen-bond donors (Lipinski definition) is 0. The number of thioether (sulfide) groups is 1. The van der Waals surface area contributed by atoms with Gasteiger partial charge in [-0.15, -0.1) is 0 Å². The van der Waals surface area contributed by atoms with Crippen molar-refractivity contribution < 1.29 is 0 Å². The minimum Gasteiger partial charge on any atom is -0.322 e. The van der Waals surface area contributed by atoms with Crippen LogP contribution < -0.4 is 0 Å². The highest BCUT2D eigenvalue weighted by atomic mass is 35.5. The van der Waals surface area contributed by atoms with E-state index in [9.17, 15) is 0 Å². The molecule has 0 unspecified atom stereocenters. The minimum absolute atomic E-state index is 0.776. The number of hydrogen-bond acceptors (Lipinski definition) is 3. The number of halogens is 1. The molecule has 0 N–H and O–H groups in total. The third-order valence-corrected chi connectivity index (χ3v) is 3.29. The zero-order valence-electron chi connectivity index (χ0n) is 7.27. The lowest BCUT2D eigenvalue weighted by Crippen LogP contribution is -2.21. The van der Waals surface area contributed by atoms with Gasteiger partial charge in [0.05, 0.1) is 12.2 Å². The van der Waals surface area contributed by atoms with Gasteiger partial charge in [-0.2, -0.15) is 0 Å². The Labute approximate surface area is 91.3 Å². The smallest absolute Gasteiger partial charge is 0.173 e. The summed E-state index contributed by atoms with van der Waals surface area (Å²) in [5.41, 5.74) is 2.23. The van der Waals surface area contributed by atoms with E-state index in [0.717, 1.165) is 22.4 Å². The summed E-state index contributed by atoms with van der Waals surface area (Å²) in [6, 6.07) is 5.84. The first-order valence-electron chi connectivity index (χ1n) is 4.30. The molecule has 0 aromatic heterocycles. The summed E-state index contributed by atoms with van der Waals surface area (Å²) in [7, 11) is 0. The Morgan fingerprint density at radius 3 is 3.29 bits per heavy atom. The summed E-state index contributed by atoms with van der Waals surface area (Å²) < 4.78 is 0. The molecule has 0 saturated heterocycles. The van der Waals surface area contributed by atoms with Crippen LogP contribution >= 0.6 is 23.4 Å². The van der Waals surface area contributed by atoms with Crippen molar-refractivity contribution in [3.05, 3.63) is 40.4 Å². The van der Waals surface area contributed by atoms with Crippen molar-refractivity contribution in [2.75, 3.05) is 0 Å². The maximum atomic E-state index is 5.93. The second kappa shape index (κ2) is 3.04. The van der Waals surface area contributed by atoms with Crippen LogP contribution in [0.15, 0.2) is 34.8 Å². The van der Waals surface area contributed by atoms with E-state index in [4.69, 9.17) is 11.6 Å². The second-order valence-corrected chi connectivity index (χ2v) is 4.51. The van der Waals surface area contributed by atoms with Crippen LogP contribution in [0.1, 0.15) is 5.56 Å². The van der Waals surface area contributed by atoms with E-state index >= 15 is 0 Å². The lowest BCUT2D eigenvalue weighted by atomic mass is 10.1. The Morgan fingerprint density at radius 2 is 2.36 bits per heavy atom. The predicted octanol–water partition coefficient (Wildman–Crippen LogP) is 3.36. The van der Waals surface area contributed by atoms with Crippen LogP contribution in [-0.4, -0.2) is 10.1 Å². The summed E-state index contributed by atoms with van der Waals surface area (Å²) in [6.07, 6.45) is 2.05. The molecular formula is C10H7ClN2S. The fourth-order valence-electron chi connectivity index (χ4n) is 1.58. The number of benzene rings is 1. The number of rotatable bonds is 0. The summed E-state index contributed by atoms with van der Waals surface area (Å²) >= 11 is 7.59. The molecule has 1 aromatic rings. The van der Waals surface area contributed by atoms with Gasteiger partial charge in [0.2, 0.25) is 0 Å². The van der Waals surface area contributed by atoms with Gasteiger partial charge in [-0.05, 0) is 29.2 Å². The molecule has 0 spiro atoms. The summed E-state index contributed by atoms with van der Waals surface area (Å²) in [5, 5.41) is 3.88. The molecule has 14 heavy (non-hydrogen) atoms. The molecule has 4 heteroatoms. The Kier molecular flexibility index (Phi) is 1.82. The van der Waals surface area contributed by atoms with Gasteiger partial charge >= 0.3 is 0 Å². The monoisotopic (exact) mass is 222 g/mol. The lowest BCUT2D eigenvalue weighted by Gasteiger charge is -2.22. The second-order valence-electron chi connectivity index (χ2n) is 3.20. The van der Waals surface area contributed by atoms with Gasteiger partial charge in [-0.25, -0.2) is 4.99 Å². The van der Waals surface area contributed by atoms with E-state index in [1.54, 1.807) is 11.8 Å². The average Bonchev–Trinajstić information content (AvgIpc) is 2.61. The summed E-state index contributed by atoms with van der Waals surface area (Å²) in [4.78, 5) is 6.66. The van der Waals surface area contributed by atoms with Crippen molar-refractivity contribution in [1.82, 2.24) is 4.90 Å². The van der Waals surface area contributed by atoms with Crippen LogP contribution in [0.25, 0.3) is 0 Å². The third kappa shape index (κ3) is 1.24. The molecule has 0 aliphatic carbocycles. The molecule has 2 aliphatic heterocycles. The van der Waals surface area contributed by atoms with Crippen LogP contribution in [0.2, 0.25) is 5.02 Å². The normalized spacial score (nSPS) is 17.8. The van der Waals surface area contributed by atoms with Crippen molar-refractivity contribution in [3.63, 3.8) is 0 Å². The maximum absolute atomic E-state index is 5.93. The van der Waals surface area contributed by atoms with Crippen molar-refractivity contribution >= 4 is 34.2 Å². The van der Waals surface area contributed by atoms with Crippen LogP contribution in [0.5, 0.6) is 0 Å². The molecule has 2 aliphatic rings. The SMILES string of the molecule is Clc1ccc2c(c1)CN1C=CSC1=N2. The highest BCUT2D eigenvalue weighted by Crippen LogP contribution is 2.34. The Hall–Kier alpha value is -0.930. The van der Waals surface area contributed by atoms with Gasteiger partial charge in [0, 0.05) is 11.2 Å². The maximum Gasteiger partial charge on any atom is 0.173 e. The average molecular weight is 223 g/mol. The van der Waals surface area contributed by atoms with E-state index in [0.29, 0.717) is 0 Å². The Bertz CT molecular complexity index is 453. The zero-order valence-corrected chi connectivity index (χ0v) is 8.85. The van der Waals surface area contributed by atoms with Gasteiger partial charge in [0.1, 0.15) is 0 Å². The number of nitrogens with zero attached hydrogens (tertiary/aromatic N) is 2. The standard InChI is InChI=1S/C10H7ClN2S/c11-8-1-2-9-7(5-8)6-13-3-4-14-10(13)12-9/h1-5H,6H2. The minimum atomic E-state index is 0.776. The number of fused-ring (bicyclic) bond motifs is 2. The van der Waals surface area contributed by atoms with Gasteiger partial charge in [-0.3, -0.25) is 0 Å². The van der Waals surface area contributed by atoms with E-state index < -0.39 is 0 Å². The van der Waals surface area contributed by atoms with Crippen LogP contribution in [0.3, 0.4) is 0 Å². The first-order valence-corrected chi connectivity index (χ1v) is 5.56. The highest BCUT2D eigenvalue weighted by Gasteiger charge is 2.21. The quantitative estimate of drug-likeness (QED) is 0.669. The molecule has 1 aromatic carbocycles. The van der Waals surface area contributed by atoms with E-state index in [2.05, 4.69) is 9.89 Å². The topological polar surface area (TPSA) is 15.6 Å². The molecule has 0 amide bonds. The Balaban J connectivity index is 2.12. The summed E-state index contributed by atoms with van der Waals surface area (Å²) in [5.74, 6) is 0. The van der Waals surface area contributed by atoms with Crippen LogP contribution in [-0.2, 0) is 6.54 Å². The van der Waals surface area contributed by atoms with Crippen molar-refractivity contribution in [1.29, 1.82) is 0 Å². The van der Waals surface area contributed by atoms with Crippen LogP contribution in [0.4, 0.5) is 5.69 Å². The van der Waals surface area contributed by atoms with Gasteiger partial charge in [0.15, 0.2) is 5.17 Å². The van der Waals surface area contributed by atoms with Gasteiger partial charge in [-0.1, -0.05) is 23.4 Å². The number of aliphatic imine (C=N–C) groups is 1. The van der Waals surface area contributed by atoms with Gasteiger partial charge in [0.25, 0.3) is 0 Å². The lowest BCUT2D eigenvalue weighted by molar-refractivity contribution is 0.560. The molecular weight excluding hydrogens is 216 g/mol. The van der Waals surface area contributed by atoms with Crippen molar-refractivity contribution in [2.45, 2.75) is 6.54 Å². The zero-order chi connectivity index (χ0) is 9.54. The molecule has 70 valence electrons.